The number of aliphatic hydroxyl groups is 1. The molecule has 0 aliphatic carbocycles. The van der Waals surface area contributed by atoms with Crippen molar-refractivity contribution < 1.29 is 14.6 Å². The number of nitrogens with zero attached hydrogens (tertiary/aromatic N) is 1. The molecule has 0 radical (unpaired) electrons. The topological polar surface area (TPSA) is 49.8 Å². The van der Waals surface area contributed by atoms with E-state index in [0.717, 1.165) is 36.9 Å². The van der Waals surface area contributed by atoms with Gasteiger partial charge in [0, 0.05) is 19.2 Å². The molecular formula is C18H27NO3. The first-order chi connectivity index (χ1) is 10.4. The van der Waals surface area contributed by atoms with E-state index < -0.39 is 5.60 Å². The molecule has 1 aromatic carbocycles. The molecule has 1 fully saturated rings. The zero-order valence-electron chi connectivity index (χ0n) is 13.8. The summed E-state index contributed by atoms with van der Waals surface area (Å²) in [6, 6.07) is 7.96. The van der Waals surface area contributed by atoms with Crippen molar-refractivity contribution in [3.63, 3.8) is 0 Å². The number of benzene rings is 1. The van der Waals surface area contributed by atoms with E-state index in [4.69, 9.17) is 4.74 Å². The summed E-state index contributed by atoms with van der Waals surface area (Å²) in [5, 5.41) is 9.77. The Morgan fingerprint density at radius 3 is 2.64 bits per heavy atom. The minimum atomic E-state index is -0.655. The molecule has 0 spiro atoms. The standard InChI is InChI=1S/C18H27NO3/c1-18(2,21)11-10-14-6-8-15(9-7-14)17(20)19-12-4-5-16(19)13-22-3/h6-9,16,21H,4-5,10-13H2,1-3H3/t16-/m0/s1. The molecule has 122 valence electrons. The molecule has 1 aliphatic heterocycles. The van der Waals surface area contributed by atoms with Crippen LogP contribution in [0.3, 0.4) is 0 Å². The van der Waals surface area contributed by atoms with Crippen LogP contribution in [0.4, 0.5) is 0 Å². The Kier molecular flexibility index (Phi) is 5.59. The lowest BCUT2D eigenvalue weighted by molar-refractivity contribution is 0.0629. The van der Waals surface area contributed by atoms with E-state index >= 15 is 0 Å². The third-order valence-electron chi connectivity index (χ3n) is 4.22. The van der Waals surface area contributed by atoms with Crippen LogP contribution in [0.25, 0.3) is 0 Å². The lowest BCUT2D eigenvalue weighted by atomic mass is 9.98. The summed E-state index contributed by atoms with van der Waals surface area (Å²) >= 11 is 0. The van der Waals surface area contributed by atoms with Crippen molar-refractivity contribution in [2.75, 3.05) is 20.3 Å². The second kappa shape index (κ2) is 7.25. The van der Waals surface area contributed by atoms with Gasteiger partial charge in [0.05, 0.1) is 18.2 Å². The maximum absolute atomic E-state index is 12.6. The van der Waals surface area contributed by atoms with Gasteiger partial charge in [0.1, 0.15) is 0 Å². The van der Waals surface area contributed by atoms with Crippen molar-refractivity contribution in [2.45, 2.75) is 51.2 Å². The largest absolute Gasteiger partial charge is 0.390 e. The summed E-state index contributed by atoms with van der Waals surface area (Å²) in [7, 11) is 1.68. The molecule has 0 saturated carbocycles. The van der Waals surface area contributed by atoms with E-state index in [1.807, 2.05) is 43.0 Å². The summed E-state index contributed by atoms with van der Waals surface area (Å²) in [6.07, 6.45) is 3.59. The van der Waals surface area contributed by atoms with Crippen molar-refractivity contribution in [2.24, 2.45) is 0 Å². The molecular weight excluding hydrogens is 278 g/mol. The summed E-state index contributed by atoms with van der Waals surface area (Å²) in [4.78, 5) is 14.5. The Morgan fingerprint density at radius 1 is 1.36 bits per heavy atom. The maximum atomic E-state index is 12.6. The van der Waals surface area contributed by atoms with Gasteiger partial charge in [-0.3, -0.25) is 4.79 Å². The first kappa shape index (κ1) is 17.0. The van der Waals surface area contributed by atoms with Crippen molar-refractivity contribution in [1.29, 1.82) is 0 Å². The normalized spacial score (nSPS) is 18.7. The molecule has 1 aromatic rings. The van der Waals surface area contributed by atoms with Crippen molar-refractivity contribution in [3.05, 3.63) is 35.4 Å². The number of likely N-dealkylation sites (tertiary alicyclic amines) is 1. The number of aryl methyl sites for hydroxylation is 1. The Hall–Kier alpha value is -1.39. The third kappa shape index (κ3) is 4.55. The van der Waals surface area contributed by atoms with Crippen LogP contribution in [-0.2, 0) is 11.2 Å². The lowest BCUT2D eigenvalue weighted by Crippen LogP contribution is -2.38. The highest BCUT2D eigenvalue weighted by Crippen LogP contribution is 2.21. The molecule has 2 rings (SSSR count). The van der Waals surface area contributed by atoms with Crippen LogP contribution in [0.5, 0.6) is 0 Å². The van der Waals surface area contributed by atoms with Gasteiger partial charge in [0.15, 0.2) is 0 Å². The van der Waals surface area contributed by atoms with Gasteiger partial charge in [-0.15, -0.1) is 0 Å². The second-order valence-corrected chi connectivity index (χ2v) is 6.76. The van der Waals surface area contributed by atoms with Crippen LogP contribution >= 0.6 is 0 Å². The van der Waals surface area contributed by atoms with Crippen LogP contribution in [0.1, 0.15) is 49.0 Å². The number of amides is 1. The molecule has 22 heavy (non-hydrogen) atoms. The second-order valence-electron chi connectivity index (χ2n) is 6.76. The van der Waals surface area contributed by atoms with Crippen LogP contribution in [0, 0.1) is 0 Å². The fourth-order valence-corrected chi connectivity index (χ4v) is 2.90. The summed E-state index contributed by atoms with van der Waals surface area (Å²) in [5.41, 5.74) is 1.22. The van der Waals surface area contributed by atoms with E-state index in [1.54, 1.807) is 7.11 Å². The number of hydrogen-bond donors (Lipinski definition) is 1. The number of carbonyl (C=O) groups is 1. The zero-order valence-corrected chi connectivity index (χ0v) is 13.8. The minimum Gasteiger partial charge on any atom is -0.390 e. The van der Waals surface area contributed by atoms with E-state index in [2.05, 4.69) is 0 Å². The molecule has 1 heterocycles. The fraction of sp³-hybridized carbons (Fsp3) is 0.611. The molecule has 1 saturated heterocycles. The van der Waals surface area contributed by atoms with Crippen LogP contribution < -0.4 is 0 Å². The van der Waals surface area contributed by atoms with Gasteiger partial charge >= 0.3 is 0 Å². The fourth-order valence-electron chi connectivity index (χ4n) is 2.90. The predicted molar refractivity (Wildman–Crippen MR) is 87.0 cm³/mol. The molecule has 1 amide bonds. The highest BCUT2D eigenvalue weighted by Gasteiger charge is 2.29. The van der Waals surface area contributed by atoms with Gasteiger partial charge in [-0.25, -0.2) is 0 Å². The number of methoxy groups -OCH3 is 1. The highest BCUT2D eigenvalue weighted by molar-refractivity contribution is 5.94. The smallest absolute Gasteiger partial charge is 0.254 e. The lowest BCUT2D eigenvalue weighted by Gasteiger charge is -2.24. The summed E-state index contributed by atoms with van der Waals surface area (Å²) in [6.45, 7) is 5.05. The van der Waals surface area contributed by atoms with Crippen molar-refractivity contribution >= 4 is 5.91 Å². The van der Waals surface area contributed by atoms with Gasteiger partial charge in [0.2, 0.25) is 0 Å². The number of rotatable bonds is 6. The van der Waals surface area contributed by atoms with E-state index in [-0.39, 0.29) is 11.9 Å². The maximum Gasteiger partial charge on any atom is 0.254 e. The molecule has 4 heteroatoms. The first-order valence-corrected chi connectivity index (χ1v) is 8.02. The Morgan fingerprint density at radius 2 is 2.05 bits per heavy atom. The average Bonchev–Trinajstić information content (AvgIpc) is 2.93. The number of hydrogen-bond acceptors (Lipinski definition) is 3. The monoisotopic (exact) mass is 305 g/mol. The summed E-state index contributed by atoms with van der Waals surface area (Å²) < 4.78 is 5.21. The first-order valence-electron chi connectivity index (χ1n) is 8.02. The number of carbonyl (C=O) groups excluding carboxylic acids is 1. The molecule has 0 bridgehead atoms. The average molecular weight is 305 g/mol. The van der Waals surface area contributed by atoms with E-state index in [1.165, 1.54) is 0 Å². The number of ether oxygens (including phenoxy) is 1. The minimum absolute atomic E-state index is 0.0913. The van der Waals surface area contributed by atoms with Crippen LogP contribution in [0.2, 0.25) is 0 Å². The van der Waals surface area contributed by atoms with Crippen molar-refractivity contribution in [3.8, 4) is 0 Å². The quantitative estimate of drug-likeness (QED) is 0.879. The zero-order chi connectivity index (χ0) is 16.2. The SMILES string of the molecule is COC[C@@H]1CCCN1C(=O)c1ccc(CCC(C)(C)O)cc1. The van der Waals surface area contributed by atoms with Crippen LogP contribution in [0.15, 0.2) is 24.3 Å². The Bertz CT molecular complexity index is 490. The van der Waals surface area contributed by atoms with Gasteiger partial charge in [-0.1, -0.05) is 12.1 Å². The third-order valence-corrected chi connectivity index (χ3v) is 4.22. The van der Waals surface area contributed by atoms with E-state index in [9.17, 15) is 9.90 Å². The molecule has 1 N–H and O–H groups in total. The molecule has 1 aliphatic rings. The molecule has 4 nitrogen and oxygen atoms in total. The van der Waals surface area contributed by atoms with Gasteiger partial charge in [0.25, 0.3) is 5.91 Å². The van der Waals surface area contributed by atoms with Gasteiger partial charge in [-0.05, 0) is 57.2 Å². The summed E-state index contributed by atoms with van der Waals surface area (Å²) in [5.74, 6) is 0.0913. The highest BCUT2D eigenvalue weighted by atomic mass is 16.5. The van der Waals surface area contributed by atoms with E-state index in [0.29, 0.717) is 13.0 Å². The predicted octanol–water partition coefficient (Wildman–Crippen LogP) is 2.64. The van der Waals surface area contributed by atoms with Crippen molar-refractivity contribution in [1.82, 2.24) is 4.90 Å². The Balaban J connectivity index is 1.99. The Labute approximate surface area is 133 Å². The molecule has 1 atom stereocenters. The molecule has 0 unspecified atom stereocenters. The van der Waals surface area contributed by atoms with Gasteiger partial charge < -0.3 is 14.7 Å². The molecule has 0 aromatic heterocycles. The van der Waals surface area contributed by atoms with Crippen LogP contribution in [-0.4, -0.2) is 47.8 Å². The van der Waals surface area contributed by atoms with Gasteiger partial charge in [-0.2, -0.15) is 0 Å².